The standard InChI is InChI=1S/C16H15BrFNO/c17-14-10-13(18)7-6-12(14)9-16(20)15(19)8-11-4-2-1-3-5-11/h1-7,10,15H,8-9,19H2. The lowest BCUT2D eigenvalue weighted by Crippen LogP contribution is -2.34. The van der Waals surface area contributed by atoms with Gasteiger partial charge < -0.3 is 5.73 Å². The van der Waals surface area contributed by atoms with Gasteiger partial charge in [-0.25, -0.2) is 4.39 Å². The highest BCUT2D eigenvalue weighted by molar-refractivity contribution is 9.10. The van der Waals surface area contributed by atoms with Gasteiger partial charge in [-0.1, -0.05) is 52.3 Å². The summed E-state index contributed by atoms with van der Waals surface area (Å²) in [7, 11) is 0. The third-order valence-corrected chi connectivity index (χ3v) is 3.83. The first-order valence-electron chi connectivity index (χ1n) is 6.32. The Labute approximate surface area is 125 Å². The number of nitrogens with two attached hydrogens (primary N) is 1. The Kier molecular flexibility index (Phi) is 5.04. The van der Waals surface area contributed by atoms with E-state index in [9.17, 15) is 9.18 Å². The maximum Gasteiger partial charge on any atom is 0.154 e. The van der Waals surface area contributed by atoms with Gasteiger partial charge in [-0.05, 0) is 29.7 Å². The van der Waals surface area contributed by atoms with Crippen molar-refractivity contribution in [1.29, 1.82) is 0 Å². The Morgan fingerprint density at radius 1 is 1.20 bits per heavy atom. The molecular weight excluding hydrogens is 321 g/mol. The van der Waals surface area contributed by atoms with Crippen LogP contribution in [-0.4, -0.2) is 11.8 Å². The number of hydrogen-bond donors (Lipinski definition) is 1. The summed E-state index contributed by atoms with van der Waals surface area (Å²) in [6, 6.07) is 13.4. The third-order valence-electron chi connectivity index (χ3n) is 3.09. The molecule has 0 bridgehead atoms. The molecule has 104 valence electrons. The van der Waals surface area contributed by atoms with Gasteiger partial charge in [0.2, 0.25) is 0 Å². The molecule has 0 aliphatic carbocycles. The van der Waals surface area contributed by atoms with Crippen LogP contribution in [0.3, 0.4) is 0 Å². The molecule has 0 aliphatic rings. The molecule has 2 nitrogen and oxygen atoms in total. The number of rotatable bonds is 5. The van der Waals surface area contributed by atoms with Crippen molar-refractivity contribution in [3.63, 3.8) is 0 Å². The van der Waals surface area contributed by atoms with Crippen molar-refractivity contribution in [3.8, 4) is 0 Å². The van der Waals surface area contributed by atoms with Gasteiger partial charge in [-0.2, -0.15) is 0 Å². The number of Topliss-reactive ketones (excluding diaryl/α,β-unsaturated/α-hetero) is 1. The van der Waals surface area contributed by atoms with Crippen molar-refractivity contribution in [3.05, 3.63) is 69.9 Å². The highest BCUT2D eigenvalue weighted by atomic mass is 79.9. The summed E-state index contributed by atoms with van der Waals surface area (Å²) in [5, 5.41) is 0. The smallest absolute Gasteiger partial charge is 0.154 e. The monoisotopic (exact) mass is 335 g/mol. The van der Waals surface area contributed by atoms with Crippen LogP contribution in [-0.2, 0) is 17.6 Å². The van der Waals surface area contributed by atoms with E-state index >= 15 is 0 Å². The van der Waals surface area contributed by atoms with E-state index in [0.29, 0.717) is 10.9 Å². The van der Waals surface area contributed by atoms with Crippen LogP contribution in [0.5, 0.6) is 0 Å². The van der Waals surface area contributed by atoms with E-state index in [4.69, 9.17) is 5.73 Å². The SMILES string of the molecule is NC(Cc1ccccc1)C(=O)Cc1ccc(F)cc1Br. The van der Waals surface area contributed by atoms with Crippen LogP contribution in [0.25, 0.3) is 0 Å². The molecule has 2 aromatic carbocycles. The summed E-state index contributed by atoms with van der Waals surface area (Å²) in [5.74, 6) is -0.386. The predicted molar refractivity (Wildman–Crippen MR) is 80.9 cm³/mol. The predicted octanol–water partition coefficient (Wildman–Crippen LogP) is 3.27. The summed E-state index contributed by atoms with van der Waals surface area (Å²) in [5.41, 5.74) is 7.72. The molecule has 0 fully saturated rings. The number of ketones is 1. The van der Waals surface area contributed by atoms with E-state index in [1.807, 2.05) is 30.3 Å². The Balaban J connectivity index is 2.01. The number of halogens is 2. The van der Waals surface area contributed by atoms with Gasteiger partial charge in [0.05, 0.1) is 6.04 Å². The number of hydrogen-bond acceptors (Lipinski definition) is 2. The van der Waals surface area contributed by atoms with E-state index in [0.717, 1.165) is 11.1 Å². The molecule has 0 aliphatic heterocycles. The Morgan fingerprint density at radius 2 is 1.90 bits per heavy atom. The number of benzene rings is 2. The van der Waals surface area contributed by atoms with Crippen molar-refractivity contribution >= 4 is 21.7 Å². The van der Waals surface area contributed by atoms with Crippen LogP contribution in [0.1, 0.15) is 11.1 Å². The maximum atomic E-state index is 13.0. The quantitative estimate of drug-likeness (QED) is 0.911. The molecule has 0 spiro atoms. The fourth-order valence-electron chi connectivity index (χ4n) is 1.97. The Bertz CT molecular complexity index is 601. The molecule has 1 atom stereocenters. The Morgan fingerprint density at radius 3 is 2.55 bits per heavy atom. The van der Waals surface area contributed by atoms with E-state index in [-0.39, 0.29) is 18.0 Å². The van der Waals surface area contributed by atoms with Gasteiger partial charge in [0.25, 0.3) is 0 Å². The molecule has 1 unspecified atom stereocenters. The molecule has 20 heavy (non-hydrogen) atoms. The molecule has 0 heterocycles. The summed E-state index contributed by atoms with van der Waals surface area (Å²) >= 11 is 3.26. The van der Waals surface area contributed by atoms with E-state index in [1.54, 1.807) is 6.07 Å². The lowest BCUT2D eigenvalue weighted by atomic mass is 9.98. The minimum atomic E-state index is -0.547. The normalized spacial score (nSPS) is 12.2. The molecule has 4 heteroatoms. The average molecular weight is 336 g/mol. The summed E-state index contributed by atoms with van der Waals surface area (Å²) in [4.78, 5) is 12.1. The second-order valence-corrected chi connectivity index (χ2v) is 5.53. The molecule has 0 aromatic heterocycles. The molecule has 2 rings (SSSR count). The fourth-order valence-corrected chi connectivity index (χ4v) is 2.46. The van der Waals surface area contributed by atoms with Gasteiger partial charge in [0.1, 0.15) is 5.82 Å². The van der Waals surface area contributed by atoms with E-state index in [2.05, 4.69) is 15.9 Å². The second-order valence-electron chi connectivity index (χ2n) is 4.68. The zero-order valence-electron chi connectivity index (χ0n) is 10.9. The average Bonchev–Trinajstić information content (AvgIpc) is 2.43. The van der Waals surface area contributed by atoms with Crippen LogP contribution in [0.2, 0.25) is 0 Å². The topological polar surface area (TPSA) is 43.1 Å². The van der Waals surface area contributed by atoms with Crippen molar-refractivity contribution < 1.29 is 9.18 Å². The van der Waals surface area contributed by atoms with Gasteiger partial charge in [0.15, 0.2) is 5.78 Å². The van der Waals surface area contributed by atoms with Gasteiger partial charge >= 0.3 is 0 Å². The minimum absolute atomic E-state index is 0.0545. The zero-order chi connectivity index (χ0) is 14.5. The van der Waals surface area contributed by atoms with E-state index < -0.39 is 6.04 Å². The van der Waals surface area contributed by atoms with Crippen LogP contribution in [0.15, 0.2) is 53.0 Å². The van der Waals surface area contributed by atoms with Crippen LogP contribution in [0, 0.1) is 5.82 Å². The van der Waals surface area contributed by atoms with Crippen LogP contribution in [0.4, 0.5) is 4.39 Å². The van der Waals surface area contributed by atoms with Crippen molar-refractivity contribution in [2.75, 3.05) is 0 Å². The van der Waals surface area contributed by atoms with Gasteiger partial charge in [0, 0.05) is 10.9 Å². The number of carbonyl (C=O) groups excluding carboxylic acids is 1. The zero-order valence-corrected chi connectivity index (χ0v) is 12.4. The molecule has 0 saturated carbocycles. The molecule has 0 amide bonds. The molecule has 2 N–H and O–H groups in total. The van der Waals surface area contributed by atoms with Crippen molar-refractivity contribution in [2.24, 2.45) is 5.73 Å². The fraction of sp³-hybridized carbons (Fsp3) is 0.188. The first-order valence-corrected chi connectivity index (χ1v) is 7.11. The molecule has 0 radical (unpaired) electrons. The second kappa shape index (κ2) is 6.77. The summed E-state index contributed by atoms with van der Waals surface area (Å²) < 4.78 is 13.6. The minimum Gasteiger partial charge on any atom is -0.321 e. The largest absolute Gasteiger partial charge is 0.321 e. The van der Waals surface area contributed by atoms with Crippen LogP contribution < -0.4 is 5.73 Å². The highest BCUT2D eigenvalue weighted by Gasteiger charge is 2.16. The van der Waals surface area contributed by atoms with Gasteiger partial charge in [-0.3, -0.25) is 4.79 Å². The molecular formula is C16H15BrFNO. The molecule has 0 saturated heterocycles. The lowest BCUT2D eigenvalue weighted by molar-refractivity contribution is -0.119. The lowest BCUT2D eigenvalue weighted by Gasteiger charge is -2.11. The van der Waals surface area contributed by atoms with Crippen molar-refractivity contribution in [1.82, 2.24) is 0 Å². The first-order chi connectivity index (χ1) is 9.56. The van der Waals surface area contributed by atoms with E-state index in [1.165, 1.54) is 12.1 Å². The summed E-state index contributed by atoms with van der Waals surface area (Å²) in [6.07, 6.45) is 0.716. The highest BCUT2D eigenvalue weighted by Crippen LogP contribution is 2.19. The number of carbonyl (C=O) groups is 1. The third kappa shape index (κ3) is 3.99. The van der Waals surface area contributed by atoms with Crippen molar-refractivity contribution in [2.45, 2.75) is 18.9 Å². The van der Waals surface area contributed by atoms with Gasteiger partial charge in [-0.15, -0.1) is 0 Å². The van der Waals surface area contributed by atoms with Crippen LogP contribution >= 0.6 is 15.9 Å². The molecule has 2 aromatic rings. The Hall–Kier alpha value is -1.52. The first kappa shape index (κ1) is 14.9. The maximum absolute atomic E-state index is 13.0. The summed E-state index contributed by atoms with van der Waals surface area (Å²) in [6.45, 7) is 0.